The summed E-state index contributed by atoms with van der Waals surface area (Å²) in [5.74, 6) is -0.384. The minimum atomic E-state index is -0.810. The molecule has 0 amide bonds. The Balaban J connectivity index is 2.85. The third kappa shape index (κ3) is 3.27. The maximum Gasteiger partial charge on any atom is 0.323 e. The molecule has 0 aliphatic rings. The number of esters is 1. The van der Waals surface area contributed by atoms with Crippen LogP contribution in [-0.2, 0) is 16.0 Å². The van der Waals surface area contributed by atoms with E-state index in [1.165, 1.54) is 7.11 Å². The van der Waals surface area contributed by atoms with Crippen LogP contribution in [0.5, 0.6) is 11.5 Å². The fourth-order valence-corrected chi connectivity index (χ4v) is 1.71. The molecule has 3 N–H and O–H groups in total. The average Bonchev–Trinajstić information content (AvgIpc) is 2.35. The summed E-state index contributed by atoms with van der Waals surface area (Å²) in [7, 11) is 1.43. The molecule has 0 radical (unpaired) electrons. The van der Waals surface area contributed by atoms with Crippen molar-refractivity contribution in [3.8, 4) is 11.5 Å². The van der Waals surface area contributed by atoms with Gasteiger partial charge in [0.05, 0.1) is 18.7 Å². The Kier molecular flexibility index (Phi) is 5.25. The molecule has 1 rings (SSSR count). The number of hydrogen-bond donors (Lipinski definition) is 2. The molecule has 1 aromatic carbocycles. The normalized spacial score (nSPS) is 12.0. The van der Waals surface area contributed by atoms with E-state index in [2.05, 4.69) is 0 Å². The summed E-state index contributed by atoms with van der Waals surface area (Å²) in [6.07, 6.45) is 0.190. The van der Waals surface area contributed by atoms with Crippen molar-refractivity contribution in [1.82, 2.24) is 0 Å². The van der Waals surface area contributed by atoms with E-state index in [0.717, 1.165) is 0 Å². The highest BCUT2D eigenvalue weighted by Crippen LogP contribution is 2.36. The monoisotopic (exact) mass is 273 g/mol. The molecule has 0 bridgehead atoms. The second-order valence-electron chi connectivity index (χ2n) is 3.65. The minimum absolute atomic E-state index is 0.133. The van der Waals surface area contributed by atoms with Crippen molar-refractivity contribution in [2.75, 3.05) is 13.7 Å². The van der Waals surface area contributed by atoms with Gasteiger partial charge in [-0.1, -0.05) is 17.7 Å². The minimum Gasteiger partial charge on any atom is -0.503 e. The lowest BCUT2D eigenvalue weighted by Crippen LogP contribution is -2.34. The number of halogens is 1. The molecule has 0 aliphatic carbocycles. The molecular weight excluding hydrogens is 258 g/mol. The number of methoxy groups -OCH3 is 1. The number of nitrogens with two attached hydrogens (primary N) is 1. The van der Waals surface area contributed by atoms with Gasteiger partial charge < -0.3 is 20.3 Å². The molecule has 1 unspecified atom stereocenters. The lowest BCUT2D eigenvalue weighted by molar-refractivity contribution is -0.144. The van der Waals surface area contributed by atoms with Crippen LogP contribution in [0.4, 0.5) is 0 Å². The van der Waals surface area contributed by atoms with Gasteiger partial charge >= 0.3 is 5.97 Å². The number of carbonyl (C=O) groups is 1. The predicted octanol–water partition coefficient (Wildman–Crippen LogP) is 1.49. The smallest absolute Gasteiger partial charge is 0.323 e. The van der Waals surface area contributed by atoms with Crippen LogP contribution in [-0.4, -0.2) is 30.8 Å². The van der Waals surface area contributed by atoms with Gasteiger partial charge in [0, 0.05) is 0 Å². The molecule has 5 nitrogen and oxygen atoms in total. The second-order valence-corrected chi connectivity index (χ2v) is 4.03. The summed E-state index contributed by atoms with van der Waals surface area (Å²) in [6, 6.07) is 2.41. The van der Waals surface area contributed by atoms with Crippen molar-refractivity contribution >= 4 is 17.6 Å². The lowest BCUT2D eigenvalue weighted by Gasteiger charge is -2.13. The van der Waals surface area contributed by atoms with Gasteiger partial charge in [-0.2, -0.15) is 0 Å². The highest BCUT2D eigenvalue weighted by molar-refractivity contribution is 6.33. The first-order chi connectivity index (χ1) is 8.51. The summed E-state index contributed by atoms with van der Waals surface area (Å²) in [6.45, 7) is 1.98. The fourth-order valence-electron chi connectivity index (χ4n) is 1.48. The molecular formula is C12H16ClNO4. The zero-order chi connectivity index (χ0) is 13.7. The number of hydrogen-bond acceptors (Lipinski definition) is 5. The molecule has 0 aliphatic heterocycles. The zero-order valence-electron chi connectivity index (χ0n) is 10.3. The third-order valence-corrected chi connectivity index (χ3v) is 2.83. The summed E-state index contributed by atoms with van der Waals surface area (Å²) < 4.78 is 9.71. The van der Waals surface area contributed by atoms with Crippen molar-refractivity contribution in [1.29, 1.82) is 0 Å². The Labute approximate surface area is 110 Å². The van der Waals surface area contributed by atoms with Crippen LogP contribution in [0.15, 0.2) is 12.1 Å². The summed E-state index contributed by atoms with van der Waals surface area (Å²) in [5.41, 5.74) is 6.24. The van der Waals surface area contributed by atoms with Crippen LogP contribution >= 0.6 is 11.6 Å². The number of aromatic hydroxyl groups is 1. The standard InChI is InChI=1S/C12H16ClNO4/c1-3-18-12(16)8(14)6-7-4-5-9(17-2)11(15)10(7)13/h4-5,8,15H,3,6,14H2,1-2H3. The van der Waals surface area contributed by atoms with Gasteiger partial charge in [-0.05, 0) is 25.0 Å². The average molecular weight is 274 g/mol. The lowest BCUT2D eigenvalue weighted by atomic mass is 10.1. The van der Waals surface area contributed by atoms with E-state index in [4.69, 9.17) is 26.8 Å². The van der Waals surface area contributed by atoms with Gasteiger partial charge in [0.2, 0.25) is 0 Å². The molecule has 1 aromatic rings. The van der Waals surface area contributed by atoms with Crippen LogP contribution in [0.2, 0.25) is 5.02 Å². The van der Waals surface area contributed by atoms with Crippen molar-refractivity contribution in [2.45, 2.75) is 19.4 Å². The second kappa shape index (κ2) is 6.47. The zero-order valence-corrected chi connectivity index (χ0v) is 11.0. The number of ether oxygens (including phenoxy) is 2. The molecule has 0 saturated heterocycles. The fraction of sp³-hybridized carbons (Fsp3) is 0.417. The molecule has 0 spiro atoms. The molecule has 100 valence electrons. The van der Waals surface area contributed by atoms with E-state index in [-0.39, 0.29) is 29.5 Å². The summed E-state index contributed by atoms with van der Waals surface area (Å²) >= 11 is 5.97. The first-order valence-corrected chi connectivity index (χ1v) is 5.85. The van der Waals surface area contributed by atoms with E-state index in [9.17, 15) is 9.90 Å². The molecule has 0 aromatic heterocycles. The van der Waals surface area contributed by atoms with Gasteiger partial charge in [0.1, 0.15) is 6.04 Å². The van der Waals surface area contributed by atoms with Crippen LogP contribution in [0.3, 0.4) is 0 Å². The van der Waals surface area contributed by atoms with Gasteiger partial charge in [-0.3, -0.25) is 4.79 Å². The van der Waals surface area contributed by atoms with E-state index in [1.807, 2.05) is 0 Å². The molecule has 1 atom stereocenters. The first kappa shape index (κ1) is 14.6. The number of rotatable bonds is 5. The van der Waals surface area contributed by atoms with E-state index < -0.39 is 12.0 Å². The van der Waals surface area contributed by atoms with Crippen LogP contribution in [0.1, 0.15) is 12.5 Å². The van der Waals surface area contributed by atoms with Gasteiger partial charge in [0.15, 0.2) is 11.5 Å². The Morgan fingerprint density at radius 1 is 1.56 bits per heavy atom. The number of benzene rings is 1. The van der Waals surface area contributed by atoms with Crippen molar-refractivity contribution < 1.29 is 19.4 Å². The first-order valence-electron chi connectivity index (χ1n) is 5.47. The predicted molar refractivity (Wildman–Crippen MR) is 68.0 cm³/mol. The maximum atomic E-state index is 11.4. The van der Waals surface area contributed by atoms with Gasteiger partial charge in [-0.15, -0.1) is 0 Å². The highest BCUT2D eigenvalue weighted by atomic mass is 35.5. The van der Waals surface area contributed by atoms with Crippen LogP contribution in [0, 0.1) is 0 Å². The van der Waals surface area contributed by atoms with Crippen molar-refractivity contribution in [3.63, 3.8) is 0 Å². The van der Waals surface area contributed by atoms with Crippen molar-refractivity contribution in [3.05, 3.63) is 22.7 Å². The van der Waals surface area contributed by atoms with Crippen LogP contribution < -0.4 is 10.5 Å². The van der Waals surface area contributed by atoms with Crippen molar-refractivity contribution in [2.24, 2.45) is 5.73 Å². The van der Waals surface area contributed by atoms with Gasteiger partial charge in [-0.25, -0.2) is 0 Å². The summed E-state index contributed by atoms with van der Waals surface area (Å²) in [4.78, 5) is 11.4. The number of phenolic OH excluding ortho intramolecular Hbond substituents is 1. The Bertz CT molecular complexity index is 436. The van der Waals surface area contributed by atoms with E-state index in [0.29, 0.717) is 5.56 Å². The van der Waals surface area contributed by atoms with E-state index >= 15 is 0 Å². The number of phenols is 1. The Hall–Kier alpha value is -1.46. The van der Waals surface area contributed by atoms with E-state index in [1.54, 1.807) is 19.1 Å². The third-order valence-electron chi connectivity index (χ3n) is 2.41. The largest absolute Gasteiger partial charge is 0.503 e. The molecule has 0 fully saturated rings. The molecule has 0 heterocycles. The topological polar surface area (TPSA) is 81.8 Å². The quantitative estimate of drug-likeness (QED) is 0.794. The maximum absolute atomic E-state index is 11.4. The molecule has 0 saturated carbocycles. The van der Waals surface area contributed by atoms with Crippen LogP contribution in [0.25, 0.3) is 0 Å². The summed E-state index contributed by atoms with van der Waals surface area (Å²) in [5, 5.41) is 9.85. The Morgan fingerprint density at radius 2 is 2.22 bits per heavy atom. The van der Waals surface area contributed by atoms with Gasteiger partial charge in [0.25, 0.3) is 0 Å². The molecule has 18 heavy (non-hydrogen) atoms. The Morgan fingerprint density at radius 3 is 2.78 bits per heavy atom. The highest BCUT2D eigenvalue weighted by Gasteiger charge is 2.19. The molecule has 6 heteroatoms. The number of carbonyl (C=O) groups excluding carboxylic acids is 1. The SMILES string of the molecule is CCOC(=O)C(N)Cc1ccc(OC)c(O)c1Cl.